The fourth-order valence-electron chi connectivity index (χ4n) is 4.25. The number of ether oxygens (including phenoxy) is 1. The first-order valence-electron chi connectivity index (χ1n) is 12.6. The molecule has 1 unspecified atom stereocenters. The Labute approximate surface area is 212 Å². The van der Waals surface area contributed by atoms with E-state index < -0.39 is 5.92 Å². The van der Waals surface area contributed by atoms with Crippen molar-refractivity contribution in [3.8, 4) is 17.3 Å². The Bertz CT molecular complexity index is 1140. The van der Waals surface area contributed by atoms with E-state index in [4.69, 9.17) is 4.74 Å². The average Bonchev–Trinajstić information content (AvgIpc) is 3.31. The summed E-state index contributed by atoms with van der Waals surface area (Å²) in [6.45, 7) is 7.92. The molecular weight excluding hydrogens is 462 g/mol. The Hall–Kier alpha value is -3.16. The smallest absolute Gasteiger partial charge is 0.274 e. The van der Waals surface area contributed by atoms with Crippen molar-refractivity contribution in [3.05, 3.63) is 59.5 Å². The maximum absolute atomic E-state index is 13.8. The molecule has 0 fully saturated rings. The second kappa shape index (κ2) is 12.2. The summed E-state index contributed by atoms with van der Waals surface area (Å²) in [4.78, 5) is 22.2. The van der Waals surface area contributed by atoms with Crippen molar-refractivity contribution >= 4 is 5.78 Å². The Morgan fingerprint density at radius 2 is 1.89 bits per heavy atom. The minimum atomic E-state index is -2.89. The lowest BCUT2D eigenvalue weighted by Gasteiger charge is -2.20. The highest BCUT2D eigenvalue weighted by Gasteiger charge is 2.29. The highest BCUT2D eigenvalue weighted by molar-refractivity contribution is 6.03. The molecule has 0 radical (unpaired) electrons. The number of ketones is 1. The summed E-state index contributed by atoms with van der Waals surface area (Å²) < 4.78 is 35.0. The standard InChI is InChI=1S/C28H36F2N4O2/c1-6-8-21(27(35)25-20(4)13-15-31-26(25)23-14-16-34(5)33-23)10-9-19(3)18-36-24-12-11-22(17-32-24)28(29,30)7-2/h11-17,19,21H,6-10,18H2,1-5H3/t19-,21?/m1/s1. The minimum Gasteiger partial charge on any atom is -0.477 e. The van der Waals surface area contributed by atoms with Gasteiger partial charge in [-0.05, 0) is 55.9 Å². The molecule has 0 saturated heterocycles. The van der Waals surface area contributed by atoms with Gasteiger partial charge in [0.15, 0.2) is 5.78 Å². The number of pyridine rings is 2. The molecule has 3 aromatic heterocycles. The van der Waals surface area contributed by atoms with Crippen molar-refractivity contribution in [1.29, 1.82) is 0 Å². The highest BCUT2D eigenvalue weighted by atomic mass is 19.3. The fraction of sp³-hybridized carbons (Fsp3) is 0.500. The Kier molecular flexibility index (Phi) is 9.29. The SMILES string of the molecule is CCCC(CC[C@@H](C)COc1ccc(C(F)(F)CC)cn1)C(=O)c1c(C)ccnc1-c1ccn(C)n1. The van der Waals surface area contributed by atoms with E-state index in [2.05, 4.69) is 28.9 Å². The third-order valence-electron chi connectivity index (χ3n) is 6.50. The van der Waals surface area contributed by atoms with Gasteiger partial charge in [-0.15, -0.1) is 0 Å². The van der Waals surface area contributed by atoms with Gasteiger partial charge in [0.2, 0.25) is 5.88 Å². The van der Waals surface area contributed by atoms with E-state index in [1.165, 1.54) is 25.3 Å². The molecule has 2 atom stereocenters. The molecule has 0 spiro atoms. The van der Waals surface area contributed by atoms with Gasteiger partial charge in [-0.25, -0.2) is 13.8 Å². The number of carbonyl (C=O) groups excluding carboxylic acids is 1. The van der Waals surface area contributed by atoms with Crippen LogP contribution in [0.2, 0.25) is 0 Å². The predicted molar refractivity (Wildman–Crippen MR) is 136 cm³/mol. The summed E-state index contributed by atoms with van der Waals surface area (Å²) in [6.07, 6.45) is 7.67. The van der Waals surface area contributed by atoms with Crippen LogP contribution in [0.3, 0.4) is 0 Å². The van der Waals surface area contributed by atoms with Gasteiger partial charge in [-0.3, -0.25) is 14.5 Å². The van der Waals surface area contributed by atoms with Crippen molar-refractivity contribution in [2.75, 3.05) is 6.61 Å². The molecule has 0 amide bonds. The molecular formula is C28H36F2N4O2. The molecule has 0 saturated carbocycles. The van der Waals surface area contributed by atoms with Gasteiger partial charge in [-0.2, -0.15) is 5.10 Å². The lowest BCUT2D eigenvalue weighted by atomic mass is 9.85. The zero-order chi connectivity index (χ0) is 26.3. The second-order valence-electron chi connectivity index (χ2n) is 9.51. The minimum absolute atomic E-state index is 0.102. The number of carbonyl (C=O) groups is 1. The molecule has 0 aliphatic heterocycles. The highest BCUT2D eigenvalue weighted by Crippen LogP contribution is 2.32. The van der Waals surface area contributed by atoms with Gasteiger partial charge in [0.1, 0.15) is 11.4 Å². The van der Waals surface area contributed by atoms with Crippen LogP contribution in [-0.4, -0.2) is 32.1 Å². The average molecular weight is 499 g/mol. The molecule has 3 rings (SSSR count). The Balaban J connectivity index is 1.64. The van der Waals surface area contributed by atoms with Gasteiger partial charge >= 0.3 is 0 Å². The molecule has 0 bridgehead atoms. The molecule has 8 heteroatoms. The number of nitrogens with zero attached hydrogens (tertiary/aromatic N) is 4. The number of aryl methyl sites for hydroxylation is 2. The van der Waals surface area contributed by atoms with E-state index in [-0.39, 0.29) is 29.6 Å². The van der Waals surface area contributed by atoms with Gasteiger partial charge in [-0.1, -0.05) is 27.2 Å². The van der Waals surface area contributed by atoms with Crippen molar-refractivity contribution in [3.63, 3.8) is 0 Å². The zero-order valence-corrected chi connectivity index (χ0v) is 21.8. The van der Waals surface area contributed by atoms with Crippen LogP contribution in [0.5, 0.6) is 5.88 Å². The number of rotatable bonds is 13. The van der Waals surface area contributed by atoms with Crippen molar-refractivity contribution in [2.45, 2.75) is 65.7 Å². The number of hydrogen-bond donors (Lipinski definition) is 0. The van der Waals surface area contributed by atoms with Crippen LogP contribution in [-0.2, 0) is 13.0 Å². The normalized spacial score (nSPS) is 13.4. The van der Waals surface area contributed by atoms with Gasteiger partial charge in [0, 0.05) is 55.2 Å². The van der Waals surface area contributed by atoms with Crippen LogP contribution in [0.1, 0.15) is 74.4 Å². The van der Waals surface area contributed by atoms with Crippen LogP contribution < -0.4 is 4.74 Å². The van der Waals surface area contributed by atoms with Gasteiger partial charge < -0.3 is 4.74 Å². The quantitative estimate of drug-likeness (QED) is 0.243. The first-order valence-corrected chi connectivity index (χ1v) is 12.6. The molecule has 0 aromatic carbocycles. The molecule has 36 heavy (non-hydrogen) atoms. The summed E-state index contributed by atoms with van der Waals surface area (Å²) in [7, 11) is 1.84. The van der Waals surface area contributed by atoms with E-state index in [1.54, 1.807) is 10.9 Å². The van der Waals surface area contributed by atoms with E-state index in [1.807, 2.05) is 32.3 Å². The summed E-state index contributed by atoms with van der Waals surface area (Å²) in [5, 5.41) is 4.46. The van der Waals surface area contributed by atoms with Crippen molar-refractivity contribution < 1.29 is 18.3 Å². The maximum atomic E-state index is 13.8. The number of aromatic nitrogens is 4. The molecule has 194 valence electrons. The van der Waals surface area contributed by atoms with Crippen molar-refractivity contribution in [2.24, 2.45) is 18.9 Å². The van der Waals surface area contributed by atoms with E-state index in [0.29, 0.717) is 29.4 Å². The molecule has 3 heterocycles. The summed E-state index contributed by atoms with van der Waals surface area (Å²) in [5.41, 5.74) is 2.75. The largest absolute Gasteiger partial charge is 0.477 e. The van der Waals surface area contributed by atoms with E-state index in [0.717, 1.165) is 31.2 Å². The third kappa shape index (κ3) is 6.74. The summed E-state index contributed by atoms with van der Waals surface area (Å²) in [6, 6.07) is 6.59. The maximum Gasteiger partial charge on any atom is 0.274 e. The molecule has 0 aliphatic carbocycles. The Morgan fingerprint density at radius 3 is 2.50 bits per heavy atom. The van der Waals surface area contributed by atoms with Gasteiger partial charge in [0.05, 0.1) is 6.61 Å². The zero-order valence-electron chi connectivity index (χ0n) is 21.8. The lowest BCUT2D eigenvalue weighted by molar-refractivity contribution is -0.00870. The van der Waals surface area contributed by atoms with Crippen LogP contribution in [0.15, 0.2) is 42.9 Å². The number of Topliss-reactive ketones (excluding diaryl/α,β-unsaturated/α-hetero) is 1. The van der Waals surface area contributed by atoms with Gasteiger partial charge in [0.25, 0.3) is 5.92 Å². The van der Waals surface area contributed by atoms with Crippen LogP contribution in [0.4, 0.5) is 8.78 Å². The second-order valence-corrected chi connectivity index (χ2v) is 9.51. The van der Waals surface area contributed by atoms with Crippen LogP contribution in [0, 0.1) is 18.8 Å². The third-order valence-corrected chi connectivity index (χ3v) is 6.50. The van der Waals surface area contributed by atoms with Crippen LogP contribution in [0.25, 0.3) is 11.4 Å². The summed E-state index contributed by atoms with van der Waals surface area (Å²) >= 11 is 0. The van der Waals surface area contributed by atoms with Crippen molar-refractivity contribution in [1.82, 2.24) is 19.7 Å². The van der Waals surface area contributed by atoms with E-state index >= 15 is 0 Å². The topological polar surface area (TPSA) is 69.9 Å². The first-order chi connectivity index (χ1) is 17.2. The van der Waals surface area contributed by atoms with Crippen LogP contribution >= 0.6 is 0 Å². The van der Waals surface area contributed by atoms with E-state index in [9.17, 15) is 13.6 Å². The monoisotopic (exact) mass is 498 g/mol. The molecule has 0 N–H and O–H groups in total. The molecule has 0 aliphatic rings. The first kappa shape index (κ1) is 27.4. The summed E-state index contributed by atoms with van der Waals surface area (Å²) in [5.74, 6) is -2.42. The lowest BCUT2D eigenvalue weighted by Crippen LogP contribution is -2.20. The fourth-order valence-corrected chi connectivity index (χ4v) is 4.25. The molecule has 6 nitrogen and oxygen atoms in total. The number of hydrogen-bond acceptors (Lipinski definition) is 5. The number of halogens is 2. The molecule has 3 aromatic rings. The Morgan fingerprint density at radius 1 is 1.11 bits per heavy atom. The number of alkyl halides is 2. The predicted octanol–water partition coefficient (Wildman–Crippen LogP) is 6.78.